The van der Waals surface area contributed by atoms with Crippen molar-refractivity contribution in [3.63, 3.8) is 0 Å². The molecule has 1 N–H and O–H groups in total. The fourth-order valence-corrected chi connectivity index (χ4v) is 2.22. The number of amides is 1. The van der Waals surface area contributed by atoms with Crippen LogP contribution in [0.15, 0.2) is 48.5 Å². The van der Waals surface area contributed by atoms with Gasteiger partial charge in [0.15, 0.2) is 6.10 Å². The van der Waals surface area contributed by atoms with Gasteiger partial charge in [-0.05, 0) is 48.9 Å². The molecular formula is C19H18FNO4. The van der Waals surface area contributed by atoms with Crippen LogP contribution in [0.4, 0.5) is 10.1 Å². The summed E-state index contributed by atoms with van der Waals surface area (Å²) in [5.74, 6) is -1.56. The number of benzene rings is 2. The molecule has 130 valence electrons. The summed E-state index contributed by atoms with van der Waals surface area (Å²) in [5, 5.41) is 2.63. The van der Waals surface area contributed by atoms with Crippen LogP contribution in [-0.4, -0.2) is 23.8 Å². The molecule has 0 spiro atoms. The summed E-state index contributed by atoms with van der Waals surface area (Å²) in [6.07, 6.45) is -0.960. The molecule has 25 heavy (non-hydrogen) atoms. The first-order valence-electron chi connectivity index (χ1n) is 7.71. The molecule has 2 aromatic rings. The maximum absolute atomic E-state index is 12.9. The minimum Gasteiger partial charge on any atom is -0.454 e. The molecule has 0 aliphatic heterocycles. The highest BCUT2D eigenvalue weighted by atomic mass is 19.1. The molecule has 5 nitrogen and oxygen atoms in total. The second-order valence-corrected chi connectivity index (χ2v) is 5.56. The summed E-state index contributed by atoms with van der Waals surface area (Å²) >= 11 is 0. The fraction of sp³-hybridized carbons (Fsp3) is 0.211. The number of hydrogen-bond acceptors (Lipinski definition) is 4. The molecule has 6 heteroatoms. The molecule has 0 radical (unpaired) electrons. The minimum atomic E-state index is -0.961. The Bertz CT molecular complexity index is 769. The Morgan fingerprint density at radius 1 is 1.04 bits per heavy atom. The number of ketones is 1. The average Bonchev–Trinajstić information content (AvgIpc) is 2.56. The van der Waals surface area contributed by atoms with Crippen molar-refractivity contribution in [1.29, 1.82) is 0 Å². The number of carbonyl (C=O) groups is 3. The van der Waals surface area contributed by atoms with Crippen LogP contribution in [0.25, 0.3) is 0 Å². The van der Waals surface area contributed by atoms with Gasteiger partial charge in [-0.1, -0.05) is 12.1 Å². The topological polar surface area (TPSA) is 72.5 Å². The van der Waals surface area contributed by atoms with Gasteiger partial charge in [0.05, 0.1) is 6.42 Å². The van der Waals surface area contributed by atoms with Crippen LogP contribution in [0.2, 0.25) is 0 Å². The lowest BCUT2D eigenvalue weighted by Crippen LogP contribution is -2.25. The summed E-state index contributed by atoms with van der Waals surface area (Å²) in [6.45, 7) is 2.88. The lowest BCUT2D eigenvalue weighted by Gasteiger charge is -2.12. The third kappa shape index (κ3) is 5.53. The van der Waals surface area contributed by atoms with Crippen LogP contribution in [-0.2, 0) is 20.7 Å². The van der Waals surface area contributed by atoms with Gasteiger partial charge in [-0.3, -0.25) is 14.4 Å². The molecule has 1 atom stereocenters. The normalized spacial score (nSPS) is 11.5. The van der Waals surface area contributed by atoms with Crippen molar-refractivity contribution in [3.8, 4) is 0 Å². The van der Waals surface area contributed by atoms with Crippen LogP contribution >= 0.6 is 0 Å². The average molecular weight is 343 g/mol. The van der Waals surface area contributed by atoms with E-state index in [2.05, 4.69) is 5.32 Å². The highest BCUT2D eigenvalue weighted by Crippen LogP contribution is 2.12. The van der Waals surface area contributed by atoms with E-state index in [0.717, 1.165) is 0 Å². The van der Waals surface area contributed by atoms with Crippen LogP contribution in [0.5, 0.6) is 0 Å². The number of carbonyl (C=O) groups excluding carboxylic acids is 3. The summed E-state index contributed by atoms with van der Waals surface area (Å²) < 4.78 is 18.0. The molecule has 0 aromatic heterocycles. The lowest BCUT2D eigenvalue weighted by molar-refractivity contribution is -0.145. The SMILES string of the molecule is CC(=O)Nc1ccc(CC(=O)O[C@@H](C)C(=O)c2ccc(F)cc2)cc1. The van der Waals surface area contributed by atoms with Gasteiger partial charge in [0.25, 0.3) is 0 Å². The van der Waals surface area contributed by atoms with Crippen molar-refractivity contribution in [2.24, 2.45) is 0 Å². The van der Waals surface area contributed by atoms with E-state index < -0.39 is 23.7 Å². The third-order valence-corrected chi connectivity index (χ3v) is 3.43. The first kappa shape index (κ1) is 18.3. The molecule has 0 fully saturated rings. The summed E-state index contributed by atoms with van der Waals surface area (Å²) in [6, 6.07) is 11.8. The van der Waals surface area contributed by atoms with Gasteiger partial charge in [-0.2, -0.15) is 0 Å². The van der Waals surface area contributed by atoms with Crippen LogP contribution < -0.4 is 5.32 Å². The molecule has 0 heterocycles. The van der Waals surface area contributed by atoms with Gasteiger partial charge >= 0.3 is 5.97 Å². The Hall–Kier alpha value is -3.02. The Morgan fingerprint density at radius 2 is 1.64 bits per heavy atom. The molecule has 0 aliphatic carbocycles. The van der Waals surface area contributed by atoms with Crippen molar-refractivity contribution in [1.82, 2.24) is 0 Å². The monoisotopic (exact) mass is 343 g/mol. The van der Waals surface area contributed by atoms with Crippen molar-refractivity contribution >= 4 is 23.3 Å². The van der Waals surface area contributed by atoms with E-state index in [1.807, 2.05) is 0 Å². The predicted octanol–water partition coefficient (Wildman–Crippen LogP) is 3.14. The zero-order chi connectivity index (χ0) is 18.4. The van der Waals surface area contributed by atoms with Crippen molar-refractivity contribution in [3.05, 3.63) is 65.5 Å². The molecule has 0 saturated heterocycles. The molecular weight excluding hydrogens is 325 g/mol. The van der Waals surface area contributed by atoms with E-state index in [4.69, 9.17) is 4.74 Å². The van der Waals surface area contributed by atoms with Gasteiger partial charge in [-0.25, -0.2) is 4.39 Å². The molecule has 2 rings (SSSR count). The molecule has 0 aliphatic rings. The minimum absolute atomic E-state index is 0.00138. The Kier molecular flexibility index (Phi) is 6.00. The van der Waals surface area contributed by atoms with Crippen LogP contribution in [0, 0.1) is 5.82 Å². The molecule has 0 bridgehead atoms. The number of rotatable bonds is 6. The van der Waals surface area contributed by atoms with Crippen LogP contribution in [0.1, 0.15) is 29.8 Å². The first-order valence-corrected chi connectivity index (χ1v) is 7.71. The maximum atomic E-state index is 12.9. The van der Waals surface area contributed by atoms with E-state index in [1.54, 1.807) is 24.3 Å². The summed E-state index contributed by atoms with van der Waals surface area (Å²) in [4.78, 5) is 35.1. The molecule has 2 aromatic carbocycles. The van der Waals surface area contributed by atoms with E-state index >= 15 is 0 Å². The number of anilines is 1. The van der Waals surface area contributed by atoms with Gasteiger partial charge in [0, 0.05) is 18.2 Å². The number of halogens is 1. The number of nitrogens with one attached hydrogen (secondary N) is 1. The summed E-state index contributed by atoms with van der Waals surface area (Å²) in [5.41, 5.74) is 1.60. The smallest absolute Gasteiger partial charge is 0.310 e. The Labute approximate surface area is 144 Å². The van der Waals surface area contributed by atoms with Gasteiger partial charge < -0.3 is 10.1 Å². The third-order valence-electron chi connectivity index (χ3n) is 3.43. The highest BCUT2D eigenvalue weighted by Gasteiger charge is 2.19. The first-order chi connectivity index (χ1) is 11.8. The Balaban J connectivity index is 1.91. The highest BCUT2D eigenvalue weighted by molar-refractivity contribution is 6.00. The van der Waals surface area contributed by atoms with Crippen molar-refractivity contribution in [2.75, 3.05) is 5.32 Å². The van der Waals surface area contributed by atoms with E-state index in [-0.39, 0.29) is 17.9 Å². The number of hydrogen-bond donors (Lipinski definition) is 1. The quantitative estimate of drug-likeness (QED) is 0.646. The van der Waals surface area contributed by atoms with Gasteiger partial charge in [0.2, 0.25) is 11.7 Å². The van der Waals surface area contributed by atoms with Crippen molar-refractivity contribution in [2.45, 2.75) is 26.4 Å². The maximum Gasteiger partial charge on any atom is 0.310 e. The zero-order valence-electron chi connectivity index (χ0n) is 13.9. The largest absolute Gasteiger partial charge is 0.454 e. The fourth-order valence-electron chi connectivity index (χ4n) is 2.22. The van der Waals surface area contributed by atoms with E-state index in [1.165, 1.54) is 38.1 Å². The molecule has 1 amide bonds. The number of ether oxygens (including phenoxy) is 1. The van der Waals surface area contributed by atoms with Gasteiger partial charge in [-0.15, -0.1) is 0 Å². The zero-order valence-corrected chi connectivity index (χ0v) is 13.9. The second-order valence-electron chi connectivity index (χ2n) is 5.56. The van der Waals surface area contributed by atoms with Crippen LogP contribution in [0.3, 0.4) is 0 Å². The second kappa shape index (κ2) is 8.19. The lowest BCUT2D eigenvalue weighted by atomic mass is 10.1. The Morgan fingerprint density at radius 3 is 2.20 bits per heavy atom. The van der Waals surface area contributed by atoms with Gasteiger partial charge in [0.1, 0.15) is 5.82 Å². The van der Waals surface area contributed by atoms with Crippen molar-refractivity contribution < 1.29 is 23.5 Å². The molecule has 0 saturated carbocycles. The number of esters is 1. The predicted molar refractivity (Wildman–Crippen MR) is 90.7 cm³/mol. The van der Waals surface area contributed by atoms with E-state index in [9.17, 15) is 18.8 Å². The number of Topliss-reactive ketones (excluding diaryl/α,β-unsaturated/α-hetero) is 1. The molecule has 0 unspecified atom stereocenters. The summed E-state index contributed by atoms with van der Waals surface area (Å²) in [7, 11) is 0. The standard InChI is InChI=1S/C19H18FNO4/c1-12(19(24)15-5-7-16(20)8-6-15)25-18(23)11-14-3-9-17(10-4-14)21-13(2)22/h3-10,12H,11H2,1-2H3,(H,21,22)/t12-/m0/s1. The van der Waals surface area contributed by atoms with E-state index in [0.29, 0.717) is 11.3 Å².